The summed E-state index contributed by atoms with van der Waals surface area (Å²) in [5.74, 6) is 0.466. The minimum atomic E-state index is -1.12. The van der Waals surface area contributed by atoms with Crippen molar-refractivity contribution in [2.75, 3.05) is 5.75 Å². The molecule has 118 valence electrons. The third kappa shape index (κ3) is 4.13. The number of benzene rings is 1. The van der Waals surface area contributed by atoms with E-state index < -0.39 is 10.8 Å². The minimum absolute atomic E-state index is 0.0637. The second kappa shape index (κ2) is 6.74. The molecule has 5 heteroatoms. The van der Waals surface area contributed by atoms with Crippen molar-refractivity contribution in [3.05, 3.63) is 29.3 Å². The quantitative estimate of drug-likeness (QED) is 0.769. The van der Waals surface area contributed by atoms with Crippen LogP contribution in [-0.4, -0.2) is 26.7 Å². The van der Waals surface area contributed by atoms with Crippen molar-refractivity contribution in [2.24, 2.45) is 5.41 Å². The maximum atomic E-state index is 12.2. The monoisotopic (exact) mass is 337 g/mol. The van der Waals surface area contributed by atoms with Crippen LogP contribution in [0.5, 0.6) is 0 Å². The van der Waals surface area contributed by atoms with Crippen molar-refractivity contribution in [3.63, 3.8) is 0 Å². The molecule has 1 heterocycles. The Bertz CT molecular complexity index is 707. The van der Waals surface area contributed by atoms with Crippen LogP contribution < -0.4 is 0 Å². The van der Waals surface area contributed by atoms with Gasteiger partial charge in [-0.2, -0.15) is 0 Å². The van der Waals surface area contributed by atoms with E-state index >= 15 is 0 Å². The summed E-state index contributed by atoms with van der Waals surface area (Å²) in [6.45, 7) is 9.89. The molecule has 1 aliphatic rings. The molecule has 0 aromatic heterocycles. The fourth-order valence-electron chi connectivity index (χ4n) is 2.02. The van der Waals surface area contributed by atoms with E-state index in [1.807, 2.05) is 25.1 Å². The van der Waals surface area contributed by atoms with Gasteiger partial charge in [-0.1, -0.05) is 0 Å². The second-order valence-corrected chi connectivity index (χ2v) is 9.13. The number of aryl methyl sites for hydroxylation is 1. The van der Waals surface area contributed by atoms with Crippen LogP contribution in [-0.2, 0) is 20.3 Å². The molecule has 1 aromatic rings. The van der Waals surface area contributed by atoms with Gasteiger partial charge >= 0.3 is 136 Å². The van der Waals surface area contributed by atoms with Gasteiger partial charge in [0.15, 0.2) is 0 Å². The number of carbonyl (C=O) groups is 1. The summed E-state index contributed by atoms with van der Waals surface area (Å²) < 4.78 is 18.1. The van der Waals surface area contributed by atoms with E-state index in [0.29, 0.717) is 12.2 Å². The first-order valence-corrected chi connectivity index (χ1v) is 9.52. The topological polar surface area (TPSA) is 43.4 Å². The van der Waals surface area contributed by atoms with E-state index in [2.05, 4.69) is 20.8 Å². The van der Waals surface area contributed by atoms with Crippen LogP contribution in [0, 0.1) is 12.3 Å². The molecule has 0 saturated carbocycles. The third-order valence-electron chi connectivity index (χ3n) is 3.34. The number of hydrogen-bond acceptors (Lipinski definition) is 3. The van der Waals surface area contributed by atoms with Crippen LogP contribution in [0.1, 0.15) is 45.2 Å². The molecule has 0 fully saturated rings. The molecule has 0 aliphatic carbocycles. The zero-order valence-corrected chi connectivity index (χ0v) is 15.4. The fraction of sp³-hybridized carbons (Fsp3) is 0.471. The standard InChI is InChI=1S/C17H22O3PS/c1-11-10-13(15-20-16(21-15)17(3,4)5)6-7-14(11)22(19)9-8-12(2)18/h6-7,10H,8-9H2,1-5H3/q+1. The van der Waals surface area contributed by atoms with Crippen molar-refractivity contribution in [2.45, 2.75) is 45.9 Å². The molecule has 22 heavy (non-hydrogen) atoms. The van der Waals surface area contributed by atoms with Crippen LogP contribution >= 0.6 is 7.83 Å². The number of rotatable bonds is 5. The Morgan fingerprint density at radius 3 is 2.45 bits per heavy atom. The van der Waals surface area contributed by atoms with Gasteiger partial charge in [-0.25, -0.2) is 0 Å². The van der Waals surface area contributed by atoms with Crippen molar-refractivity contribution < 1.29 is 13.7 Å². The van der Waals surface area contributed by atoms with Gasteiger partial charge in [-0.15, -0.1) is 0 Å². The summed E-state index contributed by atoms with van der Waals surface area (Å²) >= 11 is 0. The van der Waals surface area contributed by atoms with E-state index in [1.165, 1.54) is 6.92 Å². The van der Waals surface area contributed by atoms with Gasteiger partial charge in [0, 0.05) is 0 Å². The van der Waals surface area contributed by atoms with Gasteiger partial charge < -0.3 is 0 Å². The zero-order valence-electron chi connectivity index (χ0n) is 13.7. The van der Waals surface area contributed by atoms with Crippen molar-refractivity contribution in [3.8, 4) is 0 Å². The van der Waals surface area contributed by atoms with Crippen molar-refractivity contribution in [1.82, 2.24) is 0 Å². The first-order chi connectivity index (χ1) is 10.2. The molecule has 1 aliphatic heterocycles. The Balaban J connectivity index is 2.20. The van der Waals surface area contributed by atoms with E-state index in [4.69, 9.17) is 4.74 Å². The molecule has 0 bridgehead atoms. The molecule has 2 rings (SSSR count). The fourth-order valence-corrected chi connectivity index (χ4v) is 4.28. The molecule has 0 amide bonds. The Labute approximate surface area is 136 Å². The SMILES string of the molecule is CC(=O)CCS(=O)c1ccc(C2=[P+]=C(C(C)(C)C)O2)cc1C. The molecule has 3 nitrogen and oxygen atoms in total. The Morgan fingerprint density at radius 2 is 1.95 bits per heavy atom. The first kappa shape index (κ1) is 17.5. The third-order valence-corrected chi connectivity index (χ3v) is 6.39. The van der Waals surface area contributed by atoms with Gasteiger partial charge in [-0.05, 0) is 0 Å². The average molecular weight is 337 g/mol. The van der Waals surface area contributed by atoms with Gasteiger partial charge in [0.05, 0.1) is 0 Å². The summed E-state index contributed by atoms with van der Waals surface area (Å²) in [5.41, 5.74) is 4.12. The summed E-state index contributed by atoms with van der Waals surface area (Å²) in [7, 11) is 0.0138. The molecule has 1 atom stereocenters. The zero-order chi connectivity index (χ0) is 16.5. The van der Waals surface area contributed by atoms with Crippen LogP contribution in [0.2, 0.25) is 0 Å². The molecule has 0 spiro atoms. The Kier molecular flexibility index (Phi) is 5.37. The van der Waals surface area contributed by atoms with Crippen molar-refractivity contribution in [1.29, 1.82) is 0 Å². The van der Waals surface area contributed by atoms with Gasteiger partial charge in [0.2, 0.25) is 0 Å². The summed E-state index contributed by atoms with van der Waals surface area (Å²) in [5, 5.41) is 0. The Hall–Kier alpha value is -0.830. The number of ether oxygens (including phenoxy) is 1. The molecule has 0 N–H and O–H groups in total. The second-order valence-electron chi connectivity index (χ2n) is 6.56. The number of Topliss-reactive ketones (excluding diaryl/α,β-unsaturated/α-hetero) is 1. The van der Waals surface area contributed by atoms with Crippen LogP contribution in [0.3, 0.4) is 0 Å². The summed E-state index contributed by atoms with van der Waals surface area (Å²) in [6.07, 6.45) is 0.358. The van der Waals surface area contributed by atoms with Gasteiger partial charge in [0.25, 0.3) is 0 Å². The summed E-state index contributed by atoms with van der Waals surface area (Å²) in [6, 6.07) is 5.86. The van der Waals surface area contributed by atoms with E-state index in [-0.39, 0.29) is 11.2 Å². The molecular weight excluding hydrogens is 315 g/mol. The molecular formula is C17H22O3PS+. The molecule has 0 saturated heterocycles. The van der Waals surface area contributed by atoms with Crippen LogP contribution in [0.15, 0.2) is 23.1 Å². The first-order valence-electron chi connectivity index (χ1n) is 7.31. The van der Waals surface area contributed by atoms with E-state index in [9.17, 15) is 9.00 Å². The van der Waals surface area contributed by atoms with Gasteiger partial charge in [-0.3, -0.25) is 0 Å². The van der Waals surface area contributed by atoms with Crippen LogP contribution in [0.25, 0.3) is 0 Å². The number of hydrogen-bond donors (Lipinski definition) is 0. The maximum absolute atomic E-state index is 12.2. The van der Waals surface area contributed by atoms with Gasteiger partial charge in [0.1, 0.15) is 0 Å². The molecule has 1 aromatic carbocycles. The average Bonchev–Trinajstić information content (AvgIpc) is 2.32. The van der Waals surface area contributed by atoms with E-state index in [0.717, 1.165) is 34.8 Å². The Morgan fingerprint density at radius 1 is 1.32 bits per heavy atom. The van der Waals surface area contributed by atoms with Crippen molar-refractivity contribution >= 4 is 35.4 Å². The van der Waals surface area contributed by atoms with Crippen LogP contribution in [0.4, 0.5) is 0 Å². The number of carbonyl (C=O) groups excluding carboxylic acids is 1. The molecule has 1 unspecified atom stereocenters. The van der Waals surface area contributed by atoms with E-state index in [1.54, 1.807) is 0 Å². The number of ketones is 1. The normalized spacial score (nSPS) is 16.0. The summed E-state index contributed by atoms with van der Waals surface area (Å²) in [4.78, 5) is 11.8. The molecule has 0 radical (unpaired) electrons. The predicted octanol–water partition coefficient (Wildman–Crippen LogP) is 3.71. The predicted molar refractivity (Wildman–Crippen MR) is 94.3 cm³/mol.